The van der Waals surface area contributed by atoms with E-state index in [9.17, 15) is 13.2 Å². The van der Waals surface area contributed by atoms with Gasteiger partial charge in [0, 0.05) is 23.7 Å². The maximum absolute atomic E-state index is 12.8. The van der Waals surface area contributed by atoms with Crippen molar-refractivity contribution in [2.24, 2.45) is 0 Å². The number of hydrogen-bond acceptors (Lipinski definition) is 5. The van der Waals surface area contributed by atoms with Gasteiger partial charge in [0.2, 0.25) is 0 Å². The largest absolute Gasteiger partial charge is 0.491 e. The molecule has 32 heavy (non-hydrogen) atoms. The predicted octanol–water partition coefficient (Wildman–Crippen LogP) is 4.12. The Morgan fingerprint density at radius 2 is 1.72 bits per heavy atom. The maximum Gasteiger partial charge on any atom is 0.323 e. The molecule has 11 heteroatoms. The minimum absolute atomic E-state index is 0.0678. The smallest absolute Gasteiger partial charge is 0.323 e. The summed E-state index contributed by atoms with van der Waals surface area (Å²) in [6.45, 7) is 0.234. The summed E-state index contributed by atoms with van der Waals surface area (Å²) in [6.07, 6.45) is 0. The Morgan fingerprint density at radius 3 is 2.34 bits per heavy atom. The molecule has 1 aromatic heterocycles. The Balaban J connectivity index is 1.76. The van der Waals surface area contributed by atoms with E-state index in [1.54, 1.807) is 28.9 Å². The van der Waals surface area contributed by atoms with Crippen LogP contribution in [0.5, 0.6) is 5.75 Å². The zero-order valence-electron chi connectivity index (χ0n) is 17.1. The molecule has 168 valence electrons. The summed E-state index contributed by atoms with van der Waals surface area (Å²) in [5, 5.41) is 8.37. The molecule has 0 saturated carbocycles. The number of rotatable bonds is 4. The van der Waals surface area contributed by atoms with E-state index in [0.717, 1.165) is 5.56 Å². The molecule has 1 aliphatic heterocycles. The fourth-order valence-electron chi connectivity index (χ4n) is 3.43. The second kappa shape index (κ2) is 9.01. The second-order valence-electron chi connectivity index (χ2n) is 7.17. The van der Waals surface area contributed by atoms with Gasteiger partial charge < -0.3 is 9.64 Å². The number of urea groups is 1. The van der Waals surface area contributed by atoms with Gasteiger partial charge in [-0.15, -0.1) is 5.10 Å². The van der Waals surface area contributed by atoms with Crippen molar-refractivity contribution in [3.8, 4) is 22.7 Å². The molecule has 0 atom stereocenters. The predicted molar refractivity (Wildman–Crippen MR) is 125 cm³/mol. The van der Waals surface area contributed by atoms with E-state index in [1.807, 2.05) is 24.3 Å². The Hall–Kier alpha value is -2.75. The van der Waals surface area contributed by atoms with Crippen LogP contribution in [0.2, 0.25) is 10.0 Å². The summed E-state index contributed by atoms with van der Waals surface area (Å²) >= 11 is 12.5. The average molecular weight is 495 g/mol. The van der Waals surface area contributed by atoms with Crippen molar-refractivity contribution in [1.29, 1.82) is 0 Å². The van der Waals surface area contributed by atoms with Crippen LogP contribution in [0.4, 0.5) is 10.6 Å². The highest BCUT2D eigenvalue weighted by atomic mass is 35.5. The number of para-hydroxylation sites is 1. The summed E-state index contributed by atoms with van der Waals surface area (Å²) in [6, 6.07) is 13.8. The monoisotopic (exact) mass is 494 g/mol. The molecule has 1 saturated heterocycles. The average Bonchev–Trinajstić information content (AvgIpc) is 3.12. The number of hydrogen-bond donors (Lipinski definition) is 1. The molecule has 1 fully saturated rings. The number of halogens is 2. The van der Waals surface area contributed by atoms with Gasteiger partial charge >= 0.3 is 6.03 Å². The van der Waals surface area contributed by atoms with E-state index in [0.29, 0.717) is 27.2 Å². The molecule has 0 radical (unpaired) electrons. The summed E-state index contributed by atoms with van der Waals surface area (Å²) in [7, 11) is -1.63. The number of amides is 2. The molecule has 2 heterocycles. The number of sulfone groups is 1. The first-order chi connectivity index (χ1) is 15.3. The zero-order chi connectivity index (χ0) is 22.9. The number of nitrogens with one attached hydrogen (secondary N) is 1. The number of aromatic nitrogens is 2. The van der Waals surface area contributed by atoms with E-state index < -0.39 is 15.9 Å². The van der Waals surface area contributed by atoms with Crippen LogP contribution in [0, 0.1) is 0 Å². The fourth-order valence-corrected chi connectivity index (χ4v) is 4.98. The lowest BCUT2D eigenvalue weighted by atomic mass is 10.1. The molecular formula is C21H20Cl2N4O4S. The van der Waals surface area contributed by atoms with Crippen molar-refractivity contribution < 1.29 is 17.9 Å². The summed E-state index contributed by atoms with van der Waals surface area (Å²) in [5.41, 5.74) is 1.93. The van der Waals surface area contributed by atoms with Gasteiger partial charge in [0.25, 0.3) is 0 Å². The minimum Gasteiger partial charge on any atom is -0.491 e. The summed E-state index contributed by atoms with van der Waals surface area (Å²) in [5.74, 6) is 0.393. The quantitative estimate of drug-likeness (QED) is 0.588. The summed E-state index contributed by atoms with van der Waals surface area (Å²) < 4.78 is 30.6. The highest BCUT2D eigenvalue weighted by Crippen LogP contribution is 2.40. The first-order valence-corrected chi connectivity index (χ1v) is 12.3. The van der Waals surface area contributed by atoms with Gasteiger partial charge in [-0.05, 0) is 24.3 Å². The van der Waals surface area contributed by atoms with Crippen molar-refractivity contribution in [2.75, 3.05) is 37.0 Å². The lowest BCUT2D eigenvalue weighted by Crippen LogP contribution is -2.45. The number of carbonyl (C=O) groups excluding carboxylic acids is 1. The molecule has 2 amide bonds. The molecule has 0 unspecified atom stereocenters. The first-order valence-electron chi connectivity index (χ1n) is 9.73. The third-order valence-electron chi connectivity index (χ3n) is 5.10. The third-order valence-corrected chi connectivity index (χ3v) is 7.28. The standard InChI is InChI=1S/C21H20Cl2N4O4S/c1-31-19-18(14-6-8-15(22)9-7-14)27(17-5-3-2-4-16(17)23)25-20(19)24-21(28)26-10-12-32(29,30)13-11-26/h2-9H,10-13H2,1H3,(H,24,25,28). The summed E-state index contributed by atoms with van der Waals surface area (Å²) in [4.78, 5) is 14.3. The Kier molecular flexibility index (Phi) is 6.32. The number of nitrogens with zero attached hydrogens (tertiary/aromatic N) is 3. The van der Waals surface area contributed by atoms with Gasteiger partial charge in [0.1, 0.15) is 5.69 Å². The fraction of sp³-hybridized carbons (Fsp3) is 0.238. The molecule has 1 aliphatic rings. The molecule has 8 nitrogen and oxygen atoms in total. The normalized spacial score (nSPS) is 15.4. The van der Waals surface area contributed by atoms with E-state index >= 15 is 0 Å². The second-order valence-corrected chi connectivity index (χ2v) is 10.3. The van der Waals surface area contributed by atoms with Crippen LogP contribution in [-0.2, 0) is 9.84 Å². The number of ether oxygens (including phenoxy) is 1. The molecule has 1 N–H and O–H groups in total. The lowest BCUT2D eigenvalue weighted by molar-refractivity contribution is 0.216. The van der Waals surface area contributed by atoms with Gasteiger partial charge in [0.05, 0.1) is 29.3 Å². The molecule has 4 rings (SSSR count). The van der Waals surface area contributed by atoms with Gasteiger partial charge in [-0.2, -0.15) is 0 Å². The van der Waals surface area contributed by atoms with E-state index in [2.05, 4.69) is 10.4 Å². The van der Waals surface area contributed by atoms with Gasteiger partial charge in [-0.3, -0.25) is 5.32 Å². The minimum atomic E-state index is -3.11. The lowest BCUT2D eigenvalue weighted by Gasteiger charge is -2.26. The SMILES string of the molecule is COc1c(NC(=O)N2CCS(=O)(=O)CC2)nn(-c2ccccc2Cl)c1-c1ccc(Cl)cc1. The molecule has 3 aromatic rings. The van der Waals surface area contributed by atoms with E-state index in [-0.39, 0.29) is 30.4 Å². The molecule has 0 bridgehead atoms. The Morgan fingerprint density at radius 1 is 1.06 bits per heavy atom. The van der Waals surface area contributed by atoms with Crippen LogP contribution < -0.4 is 10.1 Å². The van der Waals surface area contributed by atoms with Crippen molar-refractivity contribution in [3.63, 3.8) is 0 Å². The van der Waals surface area contributed by atoms with Gasteiger partial charge in [0.15, 0.2) is 21.4 Å². The molecular weight excluding hydrogens is 475 g/mol. The van der Waals surface area contributed by atoms with Crippen LogP contribution in [0.15, 0.2) is 48.5 Å². The highest BCUT2D eigenvalue weighted by molar-refractivity contribution is 7.91. The first kappa shape index (κ1) is 22.4. The highest BCUT2D eigenvalue weighted by Gasteiger charge is 2.28. The zero-order valence-corrected chi connectivity index (χ0v) is 19.4. The Labute approximate surface area is 195 Å². The van der Waals surface area contributed by atoms with Crippen LogP contribution in [0.25, 0.3) is 16.9 Å². The van der Waals surface area contributed by atoms with Gasteiger partial charge in [-0.1, -0.05) is 47.5 Å². The number of methoxy groups -OCH3 is 1. The van der Waals surface area contributed by atoms with E-state index in [4.69, 9.17) is 27.9 Å². The number of carbonyl (C=O) groups is 1. The van der Waals surface area contributed by atoms with Crippen molar-refractivity contribution in [3.05, 3.63) is 58.6 Å². The van der Waals surface area contributed by atoms with Gasteiger partial charge in [-0.25, -0.2) is 17.9 Å². The van der Waals surface area contributed by atoms with E-state index in [1.165, 1.54) is 12.0 Å². The number of benzene rings is 2. The molecule has 0 spiro atoms. The maximum atomic E-state index is 12.8. The van der Waals surface area contributed by atoms with Crippen LogP contribution in [-0.4, -0.2) is 60.8 Å². The van der Waals surface area contributed by atoms with Crippen molar-refractivity contribution in [1.82, 2.24) is 14.7 Å². The third kappa shape index (κ3) is 4.55. The molecule has 2 aromatic carbocycles. The number of anilines is 1. The van der Waals surface area contributed by atoms with Crippen LogP contribution >= 0.6 is 23.2 Å². The molecule has 0 aliphatic carbocycles. The van der Waals surface area contributed by atoms with Crippen LogP contribution in [0.3, 0.4) is 0 Å². The Bertz CT molecular complexity index is 1250. The van der Waals surface area contributed by atoms with Crippen molar-refractivity contribution >= 4 is 44.9 Å². The van der Waals surface area contributed by atoms with Crippen LogP contribution in [0.1, 0.15) is 0 Å². The van der Waals surface area contributed by atoms with Crippen molar-refractivity contribution in [2.45, 2.75) is 0 Å². The topological polar surface area (TPSA) is 93.5 Å².